The van der Waals surface area contributed by atoms with Gasteiger partial charge in [0.05, 0.1) is 11.6 Å². The molecule has 1 saturated carbocycles. The summed E-state index contributed by atoms with van der Waals surface area (Å²) in [6.45, 7) is 0.749. The highest BCUT2D eigenvalue weighted by atomic mass is 19.4. The largest absolute Gasteiger partial charge is 0.425 e. The third kappa shape index (κ3) is 4.62. The van der Waals surface area contributed by atoms with Gasteiger partial charge in [0.15, 0.2) is 0 Å². The number of nitrogens with two attached hydrogens (primary N) is 1. The number of alkyl halides is 6. The van der Waals surface area contributed by atoms with Crippen LogP contribution in [0.4, 0.5) is 26.3 Å². The minimum absolute atomic E-state index is 0.0999. The Labute approximate surface area is 147 Å². The molecule has 1 aliphatic rings. The lowest BCUT2D eigenvalue weighted by molar-refractivity contribution is -0.291. The fourth-order valence-corrected chi connectivity index (χ4v) is 3.20. The minimum atomic E-state index is -5.99. The molecule has 1 aliphatic carbocycles. The van der Waals surface area contributed by atoms with Crippen molar-refractivity contribution >= 4 is 5.91 Å². The van der Waals surface area contributed by atoms with Crippen molar-refractivity contribution in [1.82, 2.24) is 5.32 Å². The van der Waals surface area contributed by atoms with Crippen molar-refractivity contribution in [3.05, 3.63) is 11.3 Å². The average Bonchev–Trinajstić information content (AvgIpc) is 2.51. The molecule has 0 spiro atoms. The Bertz CT molecular complexity index is 564. The fraction of sp³-hybridized carbons (Fsp3) is 0.750. The molecule has 0 saturated heterocycles. The van der Waals surface area contributed by atoms with Crippen molar-refractivity contribution in [2.45, 2.75) is 69.8 Å². The Kier molecular flexibility index (Phi) is 6.96. The second kappa shape index (κ2) is 8.18. The normalized spacial score (nSPS) is 18.1. The highest BCUT2D eigenvalue weighted by Crippen LogP contribution is 2.48. The van der Waals surface area contributed by atoms with Gasteiger partial charge in [0.1, 0.15) is 0 Å². The summed E-state index contributed by atoms with van der Waals surface area (Å²) in [6.07, 6.45) is -7.80. The SMILES string of the molecule is C/C(N)=C(/C#N)C(NC(=O)CCC1CCCCC1)(C(F)(F)F)C(F)(F)F. The molecule has 0 atom stereocenters. The van der Waals surface area contributed by atoms with Gasteiger partial charge in [0, 0.05) is 12.1 Å². The van der Waals surface area contributed by atoms with E-state index in [1.165, 1.54) is 0 Å². The highest BCUT2D eigenvalue weighted by Gasteiger charge is 2.74. The van der Waals surface area contributed by atoms with E-state index in [2.05, 4.69) is 0 Å². The van der Waals surface area contributed by atoms with Crippen LogP contribution in [-0.4, -0.2) is 23.8 Å². The maximum atomic E-state index is 13.4. The Morgan fingerprint density at radius 1 is 1.12 bits per heavy atom. The van der Waals surface area contributed by atoms with Crippen molar-refractivity contribution in [3.63, 3.8) is 0 Å². The zero-order valence-electron chi connectivity index (χ0n) is 14.2. The summed E-state index contributed by atoms with van der Waals surface area (Å²) < 4.78 is 80.7. The molecule has 0 aromatic carbocycles. The molecule has 4 nitrogen and oxygen atoms in total. The van der Waals surface area contributed by atoms with Crippen LogP contribution >= 0.6 is 0 Å². The van der Waals surface area contributed by atoms with E-state index >= 15 is 0 Å². The van der Waals surface area contributed by atoms with Crippen LogP contribution in [0.25, 0.3) is 0 Å². The average molecular weight is 385 g/mol. The number of nitriles is 1. The van der Waals surface area contributed by atoms with E-state index in [9.17, 15) is 31.1 Å². The van der Waals surface area contributed by atoms with Crippen molar-refractivity contribution in [2.75, 3.05) is 0 Å². The summed E-state index contributed by atoms with van der Waals surface area (Å²) in [4.78, 5) is 12.0. The fourth-order valence-electron chi connectivity index (χ4n) is 3.20. The predicted molar refractivity (Wildman–Crippen MR) is 81.3 cm³/mol. The standard InChI is InChI=1S/C16H21F6N3O/c1-10(24)12(9-23)14(15(17,18)19,16(20,21)22)25-13(26)8-7-11-5-3-2-4-6-11/h11H,2-8,24H2,1H3,(H,25,26)/b12-10+. The number of nitrogens with zero attached hydrogens (tertiary/aromatic N) is 1. The molecular weight excluding hydrogens is 364 g/mol. The van der Waals surface area contributed by atoms with Gasteiger partial charge in [-0.15, -0.1) is 0 Å². The van der Waals surface area contributed by atoms with Crippen molar-refractivity contribution in [2.24, 2.45) is 11.7 Å². The third-order valence-corrected chi connectivity index (χ3v) is 4.56. The Hall–Kier alpha value is -1.92. The van der Waals surface area contributed by atoms with Crippen LogP contribution in [0.1, 0.15) is 51.9 Å². The molecule has 0 radical (unpaired) electrons. The van der Waals surface area contributed by atoms with E-state index in [0.717, 1.165) is 50.4 Å². The molecule has 148 valence electrons. The summed E-state index contributed by atoms with van der Waals surface area (Å²) in [6, 6.07) is 0.866. The number of rotatable bonds is 5. The first-order chi connectivity index (χ1) is 11.9. The molecule has 0 bridgehead atoms. The van der Waals surface area contributed by atoms with Crippen LogP contribution in [-0.2, 0) is 4.79 Å². The number of carbonyl (C=O) groups is 1. The molecule has 1 rings (SSSR count). The van der Waals surface area contributed by atoms with Gasteiger partial charge in [-0.3, -0.25) is 4.79 Å². The second-order valence-corrected chi connectivity index (χ2v) is 6.51. The Balaban J connectivity index is 3.15. The first kappa shape index (κ1) is 22.1. The van der Waals surface area contributed by atoms with E-state index in [4.69, 9.17) is 11.0 Å². The quantitative estimate of drug-likeness (QED) is 0.553. The lowest BCUT2D eigenvalue weighted by Crippen LogP contribution is -2.68. The van der Waals surface area contributed by atoms with Gasteiger partial charge in [-0.05, 0) is 19.3 Å². The third-order valence-electron chi connectivity index (χ3n) is 4.56. The Morgan fingerprint density at radius 2 is 1.62 bits per heavy atom. The van der Waals surface area contributed by atoms with Gasteiger partial charge >= 0.3 is 12.4 Å². The maximum Gasteiger partial charge on any atom is 0.425 e. The van der Waals surface area contributed by atoms with Crippen molar-refractivity contribution < 1.29 is 31.1 Å². The van der Waals surface area contributed by atoms with Crippen LogP contribution in [0.2, 0.25) is 0 Å². The van der Waals surface area contributed by atoms with Gasteiger partial charge in [-0.2, -0.15) is 31.6 Å². The monoisotopic (exact) mass is 385 g/mol. The van der Waals surface area contributed by atoms with Gasteiger partial charge in [-0.25, -0.2) is 0 Å². The number of hydrogen-bond donors (Lipinski definition) is 2. The van der Waals surface area contributed by atoms with Crippen LogP contribution in [0.15, 0.2) is 11.3 Å². The summed E-state index contributed by atoms with van der Waals surface area (Å²) in [5, 5.41) is 9.90. The lowest BCUT2D eigenvalue weighted by atomic mass is 9.85. The number of carbonyl (C=O) groups excluding carboxylic acids is 1. The summed E-state index contributed by atoms with van der Waals surface area (Å²) >= 11 is 0. The van der Waals surface area contributed by atoms with E-state index in [0.29, 0.717) is 0 Å². The van der Waals surface area contributed by atoms with Crippen LogP contribution in [0.3, 0.4) is 0 Å². The molecule has 1 amide bonds. The van der Waals surface area contributed by atoms with Gasteiger partial charge in [0.25, 0.3) is 5.54 Å². The van der Waals surface area contributed by atoms with Crippen LogP contribution < -0.4 is 11.1 Å². The summed E-state index contributed by atoms with van der Waals surface area (Å²) in [5.41, 5.74) is -2.46. The number of amides is 1. The van der Waals surface area contributed by atoms with Gasteiger partial charge < -0.3 is 11.1 Å². The molecular formula is C16H21F6N3O. The zero-order chi connectivity index (χ0) is 20.2. The smallest absolute Gasteiger partial charge is 0.401 e. The number of halogens is 6. The number of allylic oxidation sites excluding steroid dienone is 1. The lowest BCUT2D eigenvalue weighted by Gasteiger charge is -2.38. The topological polar surface area (TPSA) is 78.9 Å². The molecule has 10 heteroatoms. The van der Waals surface area contributed by atoms with Crippen molar-refractivity contribution in [1.29, 1.82) is 5.26 Å². The summed E-state index contributed by atoms with van der Waals surface area (Å²) in [5.74, 6) is -1.32. The zero-order valence-corrected chi connectivity index (χ0v) is 14.2. The first-order valence-electron chi connectivity index (χ1n) is 8.18. The second-order valence-electron chi connectivity index (χ2n) is 6.51. The van der Waals surface area contributed by atoms with E-state index in [1.54, 1.807) is 0 Å². The molecule has 0 heterocycles. The highest BCUT2D eigenvalue weighted by molar-refractivity contribution is 5.78. The van der Waals surface area contributed by atoms with Crippen LogP contribution in [0.5, 0.6) is 0 Å². The molecule has 0 aliphatic heterocycles. The molecule has 3 N–H and O–H groups in total. The van der Waals surface area contributed by atoms with E-state index < -0.39 is 41.5 Å². The number of hydrogen-bond acceptors (Lipinski definition) is 3. The van der Waals surface area contributed by atoms with Gasteiger partial charge in [0.2, 0.25) is 5.91 Å². The van der Waals surface area contributed by atoms with E-state index in [1.807, 2.05) is 0 Å². The van der Waals surface area contributed by atoms with Crippen LogP contribution in [0, 0.1) is 17.2 Å². The van der Waals surface area contributed by atoms with E-state index in [-0.39, 0.29) is 12.3 Å². The molecule has 26 heavy (non-hydrogen) atoms. The summed E-state index contributed by atoms with van der Waals surface area (Å²) in [7, 11) is 0. The molecule has 1 fully saturated rings. The van der Waals surface area contributed by atoms with Gasteiger partial charge in [-0.1, -0.05) is 32.1 Å². The molecule has 0 aromatic heterocycles. The first-order valence-corrected chi connectivity index (χ1v) is 8.18. The Morgan fingerprint density at radius 3 is 2.00 bits per heavy atom. The minimum Gasteiger partial charge on any atom is -0.401 e. The predicted octanol–water partition coefficient (Wildman–Crippen LogP) is 4.08. The van der Waals surface area contributed by atoms with Crippen molar-refractivity contribution in [3.8, 4) is 6.07 Å². The number of nitrogens with one attached hydrogen (secondary N) is 1. The maximum absolute atomic E-state index is 13.4. The molecule has 0 unspecified atom stereocenters. The molecule has 0 aromatic rings.